The van der Waals surface area contributed by atoms with E-state index in [1.807, 2.05) is 0 Å². The van der Waals surface area contributed by atoms with Crippen LogP contribution in [0.25, 0.3) is 21.9 Å². The summed E-state index contributed by atoms with van der Waals surface area (Å²) < 4.78 is 22.6. The van der Waals surface area contributed by atoms with E-state index >= 15 is 0 Å². The molecule has 2 aliphatic rings. The minimum Gasteiger partial charge on any atom is -0.507 e. The van der Waals surface area contributed by atoms with Crippen LogP contribution in [-0.2, 0) is 4.74 Å². The predicted octanol–water partition coefficient (Wildman–Crippen LogP) is 2.88. The third-order valence-electron chi connectivity index (χ3n) is 4.79. The molecule has 2 aliphatic heterocycles. The zero-order valence-electron chi connectivity index (χ0n) is 12.9. The molecule has 3 aromatic rings. The highest BCUT2D eigenvalue weighted by atomic mass is 16.7. The van der Waals surface area contributed by atoms with Gasteiger partial charge >= 0.3 is 0 Å². The third kappa shape index (κ3) is 1.61. The van der Waals surface area contributed by atoms with Gasteiger partial charge in [0.1, 0.15) is 39.2 Å². The number of hydrogen-bond acceptors (Lipinski definition) is 6. The zero-order chi connectivity index (χ0) is 16.4. The van der Waals surface area contributed by atoms with Gasteiger partial charge in [-0.1, -0.05) is 6.07 Å². The third-order valence-corrected chi connectivity index (χ3v) is 4.79. The quantitative estimate of drug-likeness (QED) is 0.693. The van der Waals surface area contributed by atoms with Crippen molar-refractivity contribution in [2.24, 2.45) is 0 Å². The highest BCUT2D eigenvalue weighted by Gasteiger charge is 2.42. The molecule has 5 rings (SSSR count). The van der Waals surface area contributed by atoms with E-state index in [1.54, 1.807) is 18.2 Å². The summed E-state index contributed by atoms with van der Waals surface area (Å²) >= 11 is 0. The lowest BCUT2D eigenvalue weighted by Gasteiger charge is -2.10. The van der Waals surface area contributed by atoms with Crippen LogP contribution in [0, 0.1) is 0 Å². The van der Waals surface area contributed by atoms with E-state index in [4.69, 9.17) is 18.6 Å². The highest BCUT2D eigenvalue weighted by Crippen LogP contribution is 2.49. The molecular formula is C18H14O6. The topological polar surface area (TPSA) is 78.1 Å². The Kier molecular flexibility index (Phi) is 2.65. The number of rotatable bonds is 1. The van der Waals surface area contributed by atoms with E-state index in [0.29, 0.717) is 34.7 Å². The van der Waals surface area contributed by atoms with E-state index in [1.165, 1.54) is 13.2 Å². The summed E-state index contributed by atoms with van der Waals surface area (Å²) in [6.07, 6.45) is 0.411. The molecule has 1 saturated heterocycles. The van der Waals surface area contributed by atoms with Crippen molar-refractivity contribution in [2.75, 3.05) is 13.7 Å². The van der Waals surface area contributed by atoms with Crippen LogP contribution >= 0.6 is 0 Å². The van der Waals surface area contributed by atoms with E-state index in [2.05, 4.69) is 0 Å². The molecular weight excluding hydrogens is 312 g/mol. The molecule has 122 valence electrons. The first-order chi connectivity index (χ1) is 11.7. The number of phenols is 1. The Hall–Kier alpha value is -2.73. The Morgan fingerprint density at radius 1 is 1.29 bits per heavy atom. The van der Waals surface area contributed by atoms with Gasteiger partial charge in [-0.15, -0.1) is 0 Å². The average Bonchev–Trinajstić information content (AvgIpc) is 3.14. The van der Waals surface area contributed by atoms with Gasteiger partial charge in [0, 0.05) is 11.6 Å². The highest BCUT2D eigenvalue weighted by molar-refractivity contribution is 5.98. The largest absolute Gasteiger partial charge is 0.507 e. The van der Waals surface area contributed by atoms with Crippen molar-refractivity contribution in [3.63, 3.8) is 0 Å². The fraction of sp³-hybridized carbons (Fsp3) is 0.278. The van der Waals surface area contributed by atoms with Gasteiger partial charge in [0.25, 0.3) is 0 Å². The number of hydrogen-bond donors (Lipinski definition) is 1. The molecule has 6 heteroatoms. The summed E-state index contributed by atoms with van der Waals surface area (Å²) in [5.74, 6) is 0.779. The van der Waals surface area contributed by atoms with Crippen LogP contribution in [0.4, 0.5) is 0 Å². The zero-order valence-corrected chi connectivity index (χ0v) is 12.9. The summed E-state index contributed by atoms with van der Waals surface area (Å²) in [4.78, 5) is 13.0. The lowest BCUT2D eigenvalue weighted by molar-refractivity contribution is -0.0337. The molecule has 0 spiro atoms. The average molecular weight is 326 g/mol. The van der Waals surface area contributed by atoms with Crippen molar-refractivity contribution in [1.29, 1.82) is 0 Å². The lowest BCUT2D eigenvalue weighted by Crippen LogP contribution is -2.13. The fourth-order valence-electron chi connectivity index (χ4n) is 3.72. The predicted molar refractivity (Wildman–Crippen MR) is 85.9 cm³/mol. The molecule has 1 fully saturated rings. The van der Waals surface area contributed by atoms with Crippen molar-refractivity contribution < 1.29 is 23.7 Å². The number of ether oxygens (including phenoxy) is 3. The molecule has 6 nitrogen and oxygen atoms in total. The molecule has 2 unspecified atom stereocenters. The van der Waals surface area contributed by atoms with Crippen molar-refractivity contribution >= 4 is 21.9 Å². The van der Waals surface area contributed by atoms with Crippen LogP contribution in [0.15, 0.2) is 33.5 Å². The van der Waals surface area contributed by atoms with E-state index in [-0.39, 0.29) is 28.8 Å². The van der Waals surface area contributed by atoms with Gasteiger partial charge in [-0.05, 0) is 18.6 Å². The van der Waals surface area contributed by atoms with Gasteiger partial charge in [0.15, 0.2) is 0 Å². The molecule has 0 amide bonds. The van der Waals surface area contributed by atoms with Gasteiger partial charge in [0.05, 0.1) is 19.6 Å². The smallest absolute Gasteiger partial charge is 0.208 e. The molecule has 3 heterocycles. The van der Waals surface area contributed by atoms with E-state index in [9.17, 15) is 9.90 Å². The van der Waals surface area contributed by atoms with Gasteiger partial charge in [-0.3, -0.25) is 4.79 Å². The molecule has 1 aromatic heterocycles. The second-order valence-electron chi connectivity index (χ2n) is 6.03. The number of fused-ring (bicyclic) bond motifs is 6. The van der Waals surface area contributed by atoms with Gasteiger partial charge in [-0.2, -0.15) is 0 Å². The standard InChI is InChI=1S/C18H14O6/c1-21-10-3-2-4-11-15(10)16(20)14-9(19)7-12-13(17(14)23-11)8-5-6-22-18(8)24-12/h2-4,7-8,18-19H,5-6H2,1H3. The Bertz CT molecular complexity index is 1050. The molecule has 0 bridgehead atoms. The lowest BCUT2D eigenvalue weighted by atomic mass is 9.95. The van der Waals surface area contributed by atoms with Crippen molar-refractivity contribution in [1.82, 2.24) is 0 Å². The normalized spacial score (nSPS) is 21.7. The fourth-order valence-corrected chi connectivity index (χ4v) is 3.72. The molecule has 24 heavy (non-hydrogen) atoms. The van der Waals surface area contributed by atoms with Crippen LogP contribution in [0.5, 0.6) is 17.2 Å². The number of methoxy groups -OCH3 is 1. The van der Waals surface area contributed by atoms with Crippen molar-refractivity contribution in [3.8, 4) is 17.2 Å². The molecule has 0 radical (unpaired) electrons. The summed E-state index contributed by atoms with van der Waals surface area (Å²) in [6, 6.07) is 6.64. The number of benzene rings is 2. The summed E-state index contributed by atoms with van der Waals surface area (Å²) in [6.45, 7) is 0.600. The molecule has 2 aromatic carbocycles. The first kappa shape index (κ1) is 13.7. The second kappa shape index (κ2) is 4.64. The monoisotopic (exact) mass is 326 g/mol. The second-order valence-corrected chi connectivity index (χ2v) is 6.03. The van der Waals surface area contributed by atoms with Gasteiger partial charge < -0.3 is 23.7 Å². The summed E-state index contributed by atoms with van der Waals surface area (Å²) in [5.41, 5.74) is 1.27. The van der Waals surface area contributed by atoms with Crippen molar-refractivity contribution in [3.05, 3.63) is 40.1 Å². The van der Waals surface area contributed by atoms with Crippen LogP contribution in [0.3, 0.4) is 0 Å². The summed E-state index contributed by atoms with van der Waals surface area (Å²) in [7, 11) is 1.50. The maximum atomic E-state index is 13.0. The van der Waals surface area contributed by atoms with Crippen LogP contribution in [0.2, 0.25) is 0 Å². The number of aromatic hydroxyl groups is 1. The van der Waals surface area contributed by atoms with Crippen LogP contribution in [0.1, 0.15) is 17.9 Å². The Morgan fingerprint density at radius 2 is 2.17 bits per heavy atom. The maximum absolute atomic E-state index is 13.0. The van der Waals surface area contributed by atoms with Crippen LogP contribution < -0.4 is 14.9 Å². The molecule has 1 N–H and O–H groups in total. The minimum atomic E-state index is -0.378. The van der Waals surface area contributed by atoms with E-state index < -0.39 is 0 Å². The molecule has 0 aliphatic carbocycles. The van der Waals surface area contributed by atoms with Crippen molar-refractivity contribution in [2.45, 2.75) is 18.6 Å². The van der Waals surface area contributed by atoms with Crippen LogP contribution in [-0.4, -0.2) is 25.1 Å². The van der Waals surface area contributed by atoms with Gasteiger partial charge in [-0.25, -0.2) is 0 Å². The summed E-state index contributed by atoms with van der Waals surface area (Å²) in [5, 5.41) is 10.9. The SMILES string of the molecule is COc1cccc2oc3c4c(cc(O)c3c(=O)c12)OC1OCCC41. The Morgan fingerprint density at radius 3 is 3.00 bits per heavy atom. The maximum Gasteiger partial charge on any atom is 0.208 e. The Balaban J connectivity index is 1.95. The first-order valence-corrected chi connectivity index (χ1v) is 7.76. The number of phenolic OH excluding ortho intramolecular Hbond substituents is 1. The van der Waals surface area contributed by atoms with Gasteiger partial charge in [0.2, 0.25) is 11.7 Å². The Labute approximate surface area is 136 Å². The molecule has 2 atom stereocenters. The first-order valence-electron chi connectivity index (χ1n) is 7.76. The molecule has 0 saturated carbocycles. The van der Waals surface area contributed by atoms with E-state index in [0.717, 1.165) is 12.0 Å². The minimum absolute atomic E-state index is 0.00862.